The van der Waals surface area contributed by atoms with Gasteiger partial charge < -0.3 is 9.84 Å². The maximum atomic E-state index is 12.2. The highest BCUT2D eigenvalue weighted by molar-refractivity contribution is 5.97. The van der Waals surface area contributed by atoms with Gasteiger partial charge in [0, 0.05) is 13.2 Å². The van der Waals surface area contributed by atoms with Crippen LogP contribution in [0.2, 0.25) is 0 Å². The van der Waals surface area contributed by atoms with Crippen molar-refractivity contribution in [2.45, 2.75) is 6.18 Å². The van der Waals surface area contributed by atoms with Gasteiger partial charge in [0.25, 0.3) is 0 Å². The first-order valence-electron chi connectivity index (χ1n) is 5.03. The lowest BCUT2D eigenvalue weighted by atomic mass is 10.2. The van der Waals surface area contributed by atoms with Crippen LogP contribution in [0, 0.1) is 0 Å². The molecule has 0 aliphatic heterocycles. The lowest BCUT2D eigenvalue weighted by Gasteiger charge is -2.11. The number of carboxylic acids is 1. The van der Waals surface area contributed by atoms with Crippen LogP contribution in [0.3, 0.4) is 0 Å². The Balaban J connectivity index is 2.53. The van der Waals surface area contributed by atoms with Crippen molar-refractivity contribution in [3.8, 4) is 5.75 Å². The molecule has 6 nitrogen and oxygen atoms in total. The third-order valence-corrected chi connectivity index (χ3v) is 2.32. The number of fused-ring (bicyclic) bond motifs is 1. The van der Waals surface area contributed by atoms with Crippen LogP contribution in [0.15, 0.2) is 12.4 Å². The van der Waals surface area contributed by atoms with E-state index < -0.39 is 24.3 Å². The van der Waals surface area contributed by atoms with Gasteiger partial charge in [0.15, 0.2) is 12.3 Å². The van der Waals surface area contributed by atoms with Crippen molar-refractivity contribution in [3.63, 3.8) is 0 Å². The van der Waals surface area contributed by atoms with Crippen molar-refractivity contribution < 1.29 is 27.8 Å². The molecule has 0 aromatic carbocycles. The molecule has 0 aliphatic carbocycles. The summed E-state index contributed by atoms with van der Waals surface area (Å²) in [7, 11) is 1.53. The van der Waals surface area contributed by atoms with Gasteiger partial charge in [-0.1, -0.05) is 0 Å². The summed E-state index contributed by atoms with van der Waals surface area (Å²) in [6.07, 6.45) is -2.41. The van der Waals surface area contributed by atoms with Gasteiger partial charge in [-0.3, -0.25) is 4.68 Å². The van der Waals surface area contributed by atoms with Crippen molar-refractivity contribution in [1.29, 1.82) is 0 Å². The van der Waals surface area contributed by atoms with Crippen LogP contribution in [-0.4, -0.2) is 38.6 Å². The van der Waals surface area contributed by atoms with E-state index in [1.807, 2.05) is 0 Å². The molecule has 0 spiro atoms. The number of alkyl halides is 3. The second kappa shape index (κ2) is 4.41. The van der Waals surface area contributed by atoms with Gasteiger partial charge in [-0.2, -0.15) is 18.3 Å². The second-order valence-electron chi connectivity index (χ2n) is 3.72. The molecule has 2 rings (SSSR count). The first-order chi connectivity index (χ1) is 8.79. The number of ether oxygens (including phenoxy) is 1. The number of aromatic nitrogens is 3. The van der Waals surface area contributed by atoms with E-state index in [9.17, 15) is 18.0 Å². The Labute approximate surface area is 104 Å². The topological polar surface area (TPSA) is 77.2 Å². The Hall–Kier alpha value is -2.32. The molecule has 0 aliphatic rings. The number of rotatable bonds is 3. The van der Waals surface area contributed by atoms with Crippen LogP contribution < -0.4 is 4.74 Å². The minimum absolute atomic E-state index is 0.117. The van der Waals surface area contributed by atoms with Crippen molar-refractivity contribution >= 4 is 17.0 Å². The molecule has 1 N–H and O–H groups in total. The Kier molecular flexibility index (Phi) is 3.05. The highest BCUT2D eigenvalue weighted by Crippen LogP contribution is 2.29. The number of aromatic carboxylic acids is 1. The Morgan fingerprint density at radius 3 is 2.74 bits per heavy atom. The van der Waals surface area contributed by atoms with E-state index in [4.69, 9.17) is 5.11 Å². The quantitative estimate of drug-likeness (QED) is 0.920. The fraction of sp³-hybridized carbons (Fsp3) is 0.300. The van der Waals surface area contributed by atoms with Gasteiger partial charge in [0.05, 0.1) is 11.6 Å². The summed E-state index contributed by atoms with van der Waals surface area (Å²) >= 11 is 0. The van der Waals surface area contributed by atoms with E-state index in [1.54, 1.807) is 0 Å². The molecule has 102 valence electrons. The van der Waals surface area contributed by atoms with Crippen LogP contribution in [0.1, 0.15) is 10.4 Å². The summed E-state index contributed by atoms with van der Waals surface area (Å²) in [5.74, 6) is -1.81. The fourth-order valence-corrected chi connectivity index (χ4v) is 1.54. The minimum atomic E-state index is -4.56. The smallest absolute Gasteiger partial charge is 0.422 e. The third-order valence-electron chi connectivity index (χ3n) is 2.32. The first kappa shape index (κ1) is 13.1. The van der Waals surface area contributed by atoms with Crippen molar-refractivity contribution in [3.05, 3.63) is 18.0 Å². The molecule has 0 amide bonds. The summed E-state index contributed by atoms with van der Waals surface area (Å²) in [5, 5.41) is 12.9. The molecule has 2 heterocycles. The third kappa shape index (κ3) is 2.59. The summed E-state index contributed by atoms with van der Waals surface area (Å²) in [5.41, 5.74) is -0.202. The van der Waals surface area contributed by atoms with E-state index in [-0.39, 0.29) is 16.8 Å². The molecule has 19 heavy (non-hydrogen) atoms. The predicted octanol–water partition coefficient (Wildman–Crippen LogP) is 1.61. The molecule has 0 saturated heterocycles. The Morgan fingerprint density at radius 2 is 2.16 bits per heavy atom. The molecule has 0 saturated carbocycles. The van der Waals surface area contributed by atoms with E-state index in [0.717, 1.165) is 6.20 Å². The van der Waals surface area contributed by atoms with E-state index in [1.165, 1.54) is 17.9 Å². The summed E-state index contributed by atoms with van der Waals surface area (Å²) in [6, 6.07) is 0. The zero-order chi connectivity index (χ0) is 14.2. The zero-order valence-electron chi connectivity index (χ0n) is 9.60. The molecule has 0 atom stereocenters. The van der Waals surface area contributed by atoms with Crippen LogP contribution in [0.5, 0.6) is 5.75 Å². The van der Waals surface area contributed by atoms with Crippen LogP contribution in [0.25, 0.3) is 11.0 Å². The summed E-state index contributed by atoms with van der Waals surface area (Å²) in [4.78, 5) is 14.8. The highest BCUT2D eigenvalue weighted by Gasteiger charge is 2.30. The summed E-state index contributed by atoms with van der Waals surface area (Å²) in [6.45, 7) is -1.58. The monoisotopic (exact) mass is 275 g/mol. The second-order valence-corrected chi connectivity index (χ2v) is 3.72. The molecular formula is C10H8F3N3O3. The molecule has 0 radical (unpaired) electrons. The number of pyridine rings is 1. The molecule has 2 aromatic heterocycles. The van der Waals surface area contributed by atoms with Crippen LogP contribution in [0.4, 0.5) is 13.2 Å². The fourth-order valence-electron chi connectivity index (χ4n) is 1.54. The number of aryl methyl sites for hydroxylation is 1. The molecule has 2 aromatic rings. The van der Waals surface area contributed by atoms with Crippen LogP contribution in [-0.2, 0) is 7.05 Å². The van der Waals surface area contributed by atoms with E-state index in [2.05, 4.69) is 14.8 Å². The van der Waals surface area contributed by atoms with E-state index >= 15 is 0 Å². The molecule has 0 unspecified atom stereocenters. The first-order valence-corrected chi connectivity index (χ1v) is 5.03. The Bertz CT molecular complexity index is 636. The SMILES string of the molecule is Cn1ncc2c(OCC(F)(F)F)c(C(=O)O)cnc21. The highest BCUT2D eigenvalue weighted by atomic mass is 19.4. The largest absolute Gasteiger partial charge is 0.482 e. The lowest BCUT2D eigenvalue weighted by molar-refractivity contribution is -0.153. The Morgan fingerprint density at radius 1 is 1.47 bits per heavy atom. The standard InChI is InChI=1S/C10H8F3N3O3/c1-16-8-5(3-15-16)7(19-4-10(11,12)13)6(2-14-8)9(17)18/h2-3H,4H2,1H3,(H,17,18). The predicted molar refractivity (Wildman–Crippen MR) is 57.0 cm³/mol. The van der Waals surface area contributed by atoms with Gasteiger partial charge in [0.1, 0.15) is 11.3 Å². The van der Waals surface area contributed by atoms with Crippen molar-refractivity contribution in [2.75, 3.05) is 6.61 Å². The van der Waals surface area contributed by atoms with Crippen LogP contribution >= 0.6 is 0 Å². The molecule has 9 heteroatoms. The molecule has 0 fully saturated rings. The average molecular weight is 275 g/mol. The number of hydrogen-bond acceptors (Lipinski definition) is 4. The maximum absolute atomic E-state index is 12.2. The summed E-state index contributed by atoms with van der Waals surface area (Å²) < 4.78 is 42.4. The number of carbonyl (C=O) groups is 1. The van der Waals surface area contributed by atoms with E-state index in [0.29, 0.717) is 0 Å². The average Bonchev–Trinajstić information content (AvgIpc) is 2.67. The number of nitrogens with zero attached hydrogens (tertiary/aromatic N) is 3. The molecular weight excluding hydrogens is 267 g/mol. The minimum Gasteiger partial charge on any atom is -0.482 e. The van der Waals surface area contributed by atoms with Crippen molar-refractivity contribution in [1.82, 2.24) is 14.8 Å². The van der Waals surface area contributed by atoms with Gasteiger partial charge in [-0.25, -0.2) is 9.78 Å². The van der Waals surface area contributed by atoms with Crippen molar-refractivity contribution in [2.24, 2.45) is 7.05 Å². The van der Waals surface area contributed by atoms with Gasteiger partial charge in [-0.05, 0) is 0 Å². The number of carboxylic acid groups (broad SMARTS) is 1. The maximum Gasteiger partial charge on any atom is 0.422 e. The normalized spacial score (nSPS) is 11.8. The van der Waals surface area contributed by atoms with Gasteiger partial charge >= 0.3 is 12.1 Å². The zero-order valence-corrected chi connectivity index (χ0v) is 9.60. The number of hydrogen-bond donors (Lipinski definition) is 1. The van der Waals surface area contributed by atoms with Gasteiger partial charge in [-0.15, -0.1) is 0 Å². The number of halogens is 3. The molecule has 0 bridgehead atoms. The lowest BCUT2D eigenvalue weighted by Crippen LogP contribution is -2.20. The van der Waals surface area contributed by atoms with Gasteiger partial charge in [0.2, 0.25) is 0 Å².